The highest BCUT2D eigenvalue weighted by molar-refractivity contribution is 5.85. The van der Waals surface area contributed by atoms with E-state index >= 15 is 0 Å². The molecule has 19 heavy (non-hydrogen) atoms. The van der Waals surface area contributed by atoms with Crippen molar-refractivity contribution in [2.75, 3.05) is 6.54 Å². The molecule has 2 N–H and O–H groups in total. The van der Waals surface area contributed by atoms with E-state index in [1.807, 2.05) is 0 Å². The summed E-state index contributed by atoms with van der Waals surface area (Å²) in [5, 5.41) is 6.49. The van der Waals surface area contributed by atoms with E-state index < -0.39 is 0 Å². The summed E-state index contributed by atoms with van der Waals surface area (Å²) >= 11 is 0. The van der Waals surface area contributed by atoms with Crippen molar-refractivity contribution in [3.63, 3.8) is 0 Å². The molecule has 1 aliphatic carbocycles. The molecule has 112 valence electrons. The second kappa shape index (κ2) is 8.11. The van der Waals surface area contributed by atoms with Crippen molar-refractivity contribution in [2.45, 2.75) is 70.9 Å². The summed E-state index contributed by atoms with van der Waals surface area (Å²) in [7, 11) is 0. The van der Waals surface area contributed by atoms with Crippen LogP contribution in [0.15, 0.2) is 0 Å². The molecule has 1 aliphatic heterocycles. The maximum absolute atomic E-state index is 12.1. The summed E-state index contributed by atoms with van der Waals surface area (Å²) in [5.41, 5.74) is 0. The first-order valence-electron chi connectivity index (χ1n) is 7.72. The fraction of sp³-hybridized carbons (Fsp3) is 0.933. The number of carbonyl (C=O) groups is 1. The zero-order valence-corrected chi connectivity index (χ0v) is 13.1. The van der Waals surface area contributed by atoms with Gasteiger partial charge in [0.25, 0.3) is 0 Å². The van der Waals surface area contributed by atoms with Gasteiger partial charge < -0.3 is 10.6 Å². The minimum Gasteiger partial charge on any atom is -0.352 e. The Labute approximate surface area is 123 Å². The van der Waals surface area contributed by atoms with E-state index in [0.29, 0.717) is 12.0 Å². The van der Waals surface area contributed by atoms with Crippen molar-refractivity contribution >= 4 is 18.3 Å². The molecule has 1 saturated carbocycles. The number of hydrogen-bond donors (Lipinski definition) is 2. The largest absolute Gasteiger partial charge is 0.352 e. The third kappa shape index (κ3) is 4.64. The minimum atomic E-state index is 0. The molecule has 2 aliphatic rings. The highest BCUT2D eigenvalue weighted by Gasteiger charge is 2.28. The molecule has 4 heteroatoms. The summed E-state index contributed by atoms with van der Waals surface area (Å²) in [6.07, 6.45) is 8.97. The van der Waals surface area contributed by atoms with Crippen LogP contribution in [0.2, 0.25) is 0 Å². The Morgan fingerprint density at radius 3 is 2.37 bits per heavy atom. The molecule has 3 nitrogen and oxygen atoms in total. The highest BCUT2D eigenvalue weighted by atomic mass is 35.5. The molecule has 3 unspecified atom stereocenters. The predicted molar refractivity (Wildman–Crippen MR) is 81.6 cm³/mol. The maximum Gasteiger partial charge on any atom is 0.237 e. The Morgan fingerprint density at radius 2 is 1.79 bits per heavy atom. The number of nitrogens with one attached hydrogen (secondary N) is 2. The van der Waals surface area contributed by atoms with Crippen LogP contribution in [0.4, 0.5) is 0 Å². The van der Waals surface area contributed by atoms with Crippen LogP contribution in [0.5, 0.6) is 0 Å². The lowest BCUT2D eigenvalue weighted by Gasteiger charge is -2.32. The van der Waals surface area contributed by atoms with Gasteiger partial charge in [0.2, 0.25) is 5.91 Å². The predicted octanol–water partition coefficient (Wildman–Crippen LogP) is 2.88. The number of amides is 1. The minimum absolute atomic E-state index is 0. The molecule has 0 aromatic carbocycles. The van der Waals surface area contributed by atoms with Crippen LogP contribution < -0.4 is 10.6 Å². The van der Waals surface area contributed by atoms with Crippen LogP contribution >= 0.6 is 12.4 Å². The van der Waals surface area contributed by atoms with Crippen LogP contribution in [0.3, 0.4) is 0 Å². The molecular weight excluding hydrogens is 260 g/mol. The Hall–Kier alpha value is -0.280. The van der Waals surface area contributed by atoms with E-state index in [4.69, 9.17) is 0 Å². The van der Waals surface area contributed by atoms with Gasteiger partial charge >= 0.3 is 0 Å². The smallest absolute Gasteiger partial charge is 0.237 e. The molecule has 0 radical (unpaired) electrons. The summed E-state index contributed by atoms with van der Waals surface area (Å²) in [5.74, 6) is 1.63. The normalized spacial score (nSPS) is 27.4. The topological polar surface area (TPSA) is 41.1 Å². The fourth-order valence-corrected chi connectivity index (χ4v) is 3.43. The van der Waals surface area contributed by atoms with E-state index in [1.165, 1.54) is 32.1 Å². The molecular formula is C15H29ClN2O. The summed E-state index contributed by atoms with van der Waals surface area (Å²) in [6, 6.07) is 0.369. The number of hydrogen-bond acceptors (Lipinski definition) is 2. The van der Waals surface area contributed by atoms with E-state index in [0.717, 1.165) is 25.3 Å². The van der Waals surface area contributed by atoms with Crippen LogP contribution in [-0.4, -0.2) is 24.5 Å². The van der Waals surface area contributed by atoms with Crippen molar-refractivity contribution in [2.24, 2.45) is 11.8 Å². The molecule has 1 amide bonds. The first-order chi connectivity index (χ1) is 8.68. The lowest BCUT2D eigenvalue weighted by Crippen LogP contribution is -2.47. The van der Waals surface area contributed by atoms with Gasteiger partial charge in [-0.3, -0.25) is 4.79 Å². The van der Waals surface area contributed by atoms with E-state index in [2.05, 4.69) is 24.5 Å². The second-order valence-electron chi connectivity index (χ2n) is 6.20. The van der Waals surface area contributed by atoms with Crippen molar-refractivity contribution in [1.29, 1.82) is 0 Å². The Bertz CT molecular complexity index is 273. The van der Waals surface area contributed by atoms with Crippen LogP contribution in [0, 0.1) is 11.8 Å². The zero-order valence-electron chi connectivity index (χ0n) is 12.3. The van der Waals surface area contributed by atoms with Crippen molar-refractivity contribution in [3.8, 4) is 0 Å². The zero-order chi connectivity index (χ0) is 13.0. The summed E-state index contributed by atoms with van der Waals surface area (Å²) in [6.45, 7) is 5.47. The van der Waals surface area contributed by atoms with Gasteiger partial charge in [0.1, 0.15) is 0 Å². The third-order valence-electron chi connectivity index (χ3n) is 4.93. The molecule has 2 fully saturated rings. The lowest BCUT2D eigenvalue weighted by atomic mass is 9.78. The average Bonchev–Trinajstić information content (AvgIpc) is 2.92. The van der Waals surface area contributed by atoms with Crippen LogP contribution in [-0.2, 0) is 4.79 Å². The Kier molecular flexibility index (Phi) is 7.16. The number of carbonyl (C=O) groups excluding carboxylic acids is 1. The number of halogens is 1. The number of rotatable bonds is 4. The Morgan fingerprint density at radius 1 is 1.11 bits per heavy atom. The quantitative estimate of drug-likeness (QED) is 0.835. The first-order valence-corrected chi connectivity index (χ1v) is 7.72. The van der Waals surface area contributed by atoms with Gasteiger partial charge in [0.05, 0.1) is 6.04 Å². The highest BCUT2D eigenvalue weighted by Crippen LogP contribution is 2.31. The summed E-state index contributed by atoms with van der Waals surface area (Å²) < 4.78 is 0. The molecule has 1 saturated heterocycles. The van der Waals surface area contributed by atoms with E-state index in [1.54, 1.807) is 0 Å². The second-order valence-corrected chi connectivity index (χ2v) is 6.20. The van der Waals surface area contributed by atoms with Crippen LogP contribution in [0.25, 0.3) is 0 Å². The molecule has 0 spiro atoms. The van der Waals surface area contributed by atoms with Gasteiger partial charge in [-0.15, -0.1) is 12.4 Å². The standard InChI is InChI=1S/C15H28N2O.ClH/c1-11(13-7-4-3-5-8-13)12(2)17-15(18)14-9-6-10-16-14;/h11-14,16H,3-10H2,1-2H3,(H,17,18);1H. The van der Waals surface area contributed by atoms with Gasteiger partial charge in [-0.1, -0.05) is 39.0 Å². The molecule has 3 atom stereocenters. The third-order valence-corrected chi connectivity index (χ3v) is 4.93. The van der Waals surface area contributed by atoms with E-state index in [-0.39, 0.29) is 24.4 Å². The van der Waals surface area contributed by atoms with Crippen molar-refractivity contribution < 1.29 is 4.79 Å². The van der Waals surface area contributed by atoms with Crippen molar-refractivity contribution in [3.05, 3.63) is 0 Å². The van der Waals surface area contributed by atoms with Crippen molar-refractivity contribution in [1.82, 2.24) is 10.6 Å². The van der Waals surface area contributed by atoms with Crippen LogP contribution in [0.1, 0.15) is 58.8 Å². The monoisotopic (exact) mass is 288 g/mol. The molecule has 2 rings (SSSR count). The SMILES string of the molecule is CC(NC(=O)C1CCCN1)C(C)C1CCCCC1.Cl. The first kappa shape index (κ1) is 16.8. The van der Waals surface area contributed by atoms with Gasteiger partial charge in [0.15, 0.2) is 0 Å². The van der Waals surface area contributed by atoms with E-state index in [9.17, 15) is 4.79 Å². The molecule has 0 aromatic rings. The van der Waals surface area contributed by atoms with Gasteiger partial charge in [-0.25, -0.2) is 0 Å². The Balaban J connectivity index is 0.00000180. The van der Waals surface area contributed by atoms with Gasteiger partial charge in [-0.05, 0) is 38.1 Å². The maximum atomic E-state index is 12.1. The summed E-state index contributed by atoms with van der Waals surface area (Å²) in [4.78, 5) is 12.1. The lowest BCUT2D eigenvalue weighted by molar-refractivity contribution is -0.123. The molecule has 0 bridgehead atoms. The van der Waals surface area contributed by atoms with Gasteiger partial charge in [-0.2, -0.15) is 0 Å². The van der Waals surface area contributed by atoms with Gasteiger partial charge in [0, 0.05) is 6.04 Å². The molecule has 1 heterocycles. The average molecular weight is 289 g/mol. The fourth-order valence-electron chi connectivity index (χ4n) is 3.43. The molecule has 0 aromatic heterocycles.